The van der Waals surface area contributed by atoms with Crippen LogP contribution in [-0.2, 0) is 0 Å². The molecule has 0 heterocycles. The summed E-state index contributed by atoms with van der Waals surface area (Å²) < 4.78 is 0. The Kier molecular flexibility index (Phi) is 26.7. The number of hydrogen-bond donors (Lipinski definition) is 5. The van der Waals surface area contributed by atoms with Crippen LogP contribution in [0, 0.1) is 0 Å². The third-order valence-corrected chi connectivity index (χ3v) is 0. The van der Waals surface area contributed by atoms with Crippen molar-refractivity contribution in [2.24, 2.45) is 0 Å². The van der Waals surface area contributed by atoms with Crippen LogP contribution in [0.5, 0.6) is 0 Å². The van der Waals surface area contributed by atoms with Crippen molar-refractivity contribution < 1.29 is 24.9 Å². The van der Waals surface area contributed by atoms with Crippen molar-refractivity contribution in [2.75, 3.05) is 0 Å². The predicted molar refractivity (Wildman–Crippen MR) is 35.6 cm³/mol. The first-order valence-electron chi connectivity index (χ1n) is 0.894. The van der Waals surface area contributed by atoms with E-state index in [1.54, 1.807) is 0 Å². The molecule has 0 spiro atoms. The van der Waals surface area contributed by atoms with Gasteiger partial charge < -0.3 is 31.0 Å². The average molecular weight is 197 g/mol. The fraction of sp³-hybridized carbons (Fsp3) is 0. The van der Waals surface area contributed by atoms with Crippen LogP contribution in [0.3, 0.4) is 0 Å². The average Bonchev–Trinajstić information content (AvgIpc) is 0.722. The van der Waals surface area contributed by atoms with Gasteiger partial charge in [0.1, 0.15) is 0 Å². The maximum Gasteiger partial charge on any atom is 2.00 e. The fourth-order valence-electron chi connectivity index (χ4n) is 0. The molecule has 0 amide bonds. The Morgan fingerprint density at radius 1 is 0.875 bits per heavy atom. The van der Waals surface area contributed by atoms with Gasteiger partial charge in [-0.05, 0) is 0 Å². The smallest absolute Gasteiger partial charge is 1.00 e. The summed E-state index contributed by atoms with van der Waals surface area (Å²) in [5.74, 6) is 0. The van der Waals surface area contributed by atoms with E-state index < -0.39 is 9.05 Å². The summed E-state index contributed by atoms with van der Waals surface area (Å²) in [5, 5.41) is 0. The first-order chi connectivity index (χ1) is 2.00. The Morgan fingerprint density at radius 3 is 0.875 bits per heavy atom. The molecule has 0 aromatic rings. The quantitative estimate of drug-likeness (QED) is 0.270. The van der Waals surface area contributed by atoms with Crippen molar-refractivity contribution >= 4 is 84.5 Å². The van der Waals surface area contributed by atoms with Gasteiger partial charge in [-0.15, -0.1) is 0 Å². The second-order valence-electron chi connectivity index (χ2n) is 0.600. The molecule has 0 radical (unpaired) electrons. The summed E-state index contributed by atoms with van der Waals surface area (Å²) in [6.45, 7) is 0. The van der Waals surface area contributed by atoms with Crippen molar-refractivity contribution in [3.05, 3.63) is 0 Å². The molecule has 0 saturated heterocycles. The van der Waals surface area contributed by atoms with E-state index in [0.717, 1.165) is 0 Å². The Bertz CT molecular complexity index is 40.5. The van der Waals surface area contributed by atoms with Gasteiger partial charge >= 0.3 is 84.5 Å². The fourth-order valence-corrected chi connectivity index (χ4v) is 0. The monoisotopic (exact) mass is 197 g/mol. The standard InChI is InChI=1S/2Ca.H3N.H4O4Si.4H/c;;;1-5(2,3)4;;;;/h;;1H3;1-4H;;;;/q2*+2;;;4*-1. The molecule has 8 heteroatoms. The Morgan fingerprint density at radius 2 is 0.875 bits per heavy atom. The second kappa shape index (κ2) is 9.54. The Labute approximate surface area is 114 Å². The molecule has 0 saturated carbocycles. The summed E-state index contributed by atoms with van der Waals surface area (Å²) in [5.41, 5.74) is 0. The largest absolute Gasteiger partial charge is 2.00 e. The zero-order valence-corrected chi connectivity index (χ0v) is 9.83. The van der Waals surface area contributed by atoms with E-state index in [4.69, 9.17) is 19.2 Å². The molecule has 5 nitrogen and oxygen atoms in total. The molecular weight excluding hydrogens is 186 g/mol. The van der Waals surface area contributed by atoms with Gasteiger partial charge in [-0.25, -0.2) is 0 Å². The van der Waals surface area contributed by atoms with Crippen molar-refractivity contribution in [1.29, 1.82) is 0 Å². The van der Waals surface area contributed by atoms with E-state index in [0.29, 0.717) is 0 Å². The third-order valence-electron chi connectivity index (χ3n) is 0. The Balaban J connectivity index is -0.00000000381. The second-order valence-corrected chi connectivity index (χ2v) is 1.80. The van der Waals surface area contributed by atoms with Crippen LogP contribution in [0.15, 0.2) is 0 Å². The molecule has 0 atom stereocenters. The summed E-state index contributed by atoms with van der Waals surface area (Å²) in [6, 6.07) is 0. The molecule has 0 aliphatic rings. The van der Waals surface area contributed by atoms with Gasteiger partial charge in [0, 0.05) is 0 Å². The van der Waals surface area contributed by atoms with Crippen molar-refractivity contribution in [2.45, 2.75) is 0 Å². The van der Waals surface area contributed by atoms with E-state index in [1.165, 1.54) is 0 Å². The van der Waals surface area contributed by atoms with Crippen LogP contribution in [0.1, 0.15) is 5.71 Å². The molecule has 0 bridgehead atoms. The molecular formula is H11Ca2NO4Si. The van der Waals surface area contributed by atoms with Crippen LogP contribution in [0.25, 0.3) is 0 Å². The molecule has 0 rings (SSSR count). The van der Waals surface area contributed by atoms with Crippen molar-refractivity contribution in [3.63, 3.8) is 0 Å². The van der Waals surface area contributed by atoms with Gasteiger partial charge in [0.15, 0.2) is 0 Å². The molecule has 7 N–H and O–H groups in total. The molecule has 8 heavy (non-hydrogen) atoms. The van der Waals surface area contributed by atoms with Gasteiger partial charge in [-0.3, -0.25) is 0 Å². The SMILES string of the molecule is N.O[Si](O)(O)O.[Ca+2].[Ca+2].[H-].[H-].[H-].[H-]. The maximum atomic E-state index is 7.33. The molecule has 0 aromatic carbocycles. The molecule has 0 aliphatic carbocycles. The van der Waals surface area contributed by atoms with Crippen molar-refractivity contribution in [3.8, 4) is 0 Å². The van der Waals surface area contributed by atoms with Crippen LogP contribution in [0.2, 0.25) is 0 Å². The molecule has 48 valence electrons. The van der Waals surface area contributed by atoms with Gasteiger partial charge in [0.2, 0.25) is 0 Å². The van der Waals surface area contributed by atoms with E-state index >= 15 is 0 Å². The van der Waals surface area contributed by atoms with Crippen LogP contribution in [-0.4, -0.2) is 104 Å². The normalized spacial score (nSPS) is 7.50. The summed E-state index contributed by atoms with van der Waals surface area (Å²) in [6.07, 6.45) is 0. The number of rotatable bonds is 0. The summed E-state index contributed by atoms with van der Waals surface area (Å²) in [7, 11) is -4.61. The van der Waals surface area contributed by atoms with E-state index in [1.807, 2.05) is 0 Å². The first-order valence-corrected chi connectivity index (χ1v) is 2.68. The van der Waals surface area contributed by atoms with Gasteiger partial charge in [-0.1, -0.05) is 0 Å². The minimum absolute atomic E-state index is 0. The van der Waals surface area contributed by atoms with E-state index in [2.05, 4.69) is 0 Å². The predicted octanol–water partition coefficient (Wildman–Crippen LogP) is -2.76. The molecule has 0 fully saturated rings. The van der Waals surface area contributed by atoms with Gasteiger partial charge in [0.25, 0.3) is 0 Å². The number of hydrogen-bond acceptors (Lipinski definition) is 5. The zero-order valence-electron chi connectivity index (χ0n) is 8.41. The topological polar surface area (TPSA) is 116 Å². The summed E-state index contributed by atoms with van der Waals surface area (Å²) >= 11 is 0. The maximum absolute atomic E-state index is 7.33. The van der Waals surface area contributed by atoms with Crippen LogP contribution in [0.4, 0.5) is 0 Å². The van der Waals surface area contributed by atoms with E-state index in [9.17, 15) is 0 Å². The first kappa shape index (κ1) is 22.4. The van der Waals surface area contributed by atoms with Crippen LogP contribution >= 0.6 is 0 Å². The zero-order chi connectivity index (χ0) is 4.50. The molecule has 0 aliphatic heterocycles. The Hall–Kier alpha value is 2.54. The minimum Gasteiger partial charge on any atom is -1.00 e. The third kappa shape index (κ3) is 75.4. The summed E-state index contributed by atoms with van der Waals surface area (Å²) in [4.78, 5) is 29.3. The minimum atomic E-state index is -4.61. The molecule has 0 unspecified atom stereocenters. The van der Waals surface area contributed by atoms with Gasteiger partial charge in [0.05, 0.1) is 0 Å². The van der Waals surface area contributed by atoms with Crippen LogP contribution < -0.4 is 6.15 Å². The van der Waals surface area contributed by atoms with Gasteiger partial charge in [-0.2, -0.15) is 0 Å². The molecule has 0 aromatic heterocycles. The van der Waals surface area contributed by atoms with E-state index in [-0.39, 0.29) is 87.3 Å². The van der Waals surface area contributed by atoms with Crippen molar-refractivity contribution in [1.82, 2.24) is 6.15 Å².